The van der Waals surface area contributed by atoms with E-state index in [9.17, 15) is 9.59 Å². The first kappa shape index (κ1) is 16.5. The van der Waals surface area contributed by atoms with Crippen molar-refractivity contribution in [3.8, 4) is 0 Å². The van der Waals surface area contributed by atoms with Gasteiger partial charge in [-0.3, -0.25) is 14.3 Å². The van der Waals surface area contributed by atoms with Crippen molar-refractivity contribution in [1.29, 1.82) is 0 Å². The molecule has 1 fully saturated rings. The Morgan fingerprint density at radius 3 is 2.92 bits per heavy atom. The minimum Gasteiger partial charge on any atom is -0.335 e. The van der Waals surface area contributed by atoms with Crippen molar-refractivity contribution >= 4 is 5.91 Å². The second kappa shape index (κ2) is 7.03. The number of nitrogens with zero attached hydrogens (tertiary/aromatic N) is 3. The number of hydrogen-bond acceptors (Lipinski definition) is 3. The van der Waals surface area contributed by atoms with Crippen LogP contribution in [-0.2, 0) is 6.54 Å². The molecule has 2 aromatic heterocycles. The number of nitrogens with one attached hydrogen (secondary N) is 1. The van der Waals surface area contributed by atoms with Crippen molar-refractivity contribution in [2.75, 3.05) is 6.54 Å². The number of aromatic amines is 1. The molecule has 128 valence electrons. The van der Waals surface area contributed by atoms with Crippen LogP contribution in [-0.4, -0.2) is 38.2 Å². The van der Waals surface area contributed by atoms with E-state index in [-0.39, 0.29) is 23.1 Å². The van der Waals surface area contributed by atoms with Crippen LogP contribution in [0.15, 0.2) is 29.3 Å². The number of rotatable bonds is 4. The van der Waals surface area contributed by atoms with Crippen LogP contribution in [0.4, 0.5) is 0 Å². The lowest BCUT2D eigenvalue weighted by molar-refractivity contribution is 0.0591. The fourth-order valence-corrected chi connectivity index (χ4v) is 3.55. The third kappa shape index (κ3) is 3.42. The van der Waals surface area contributed by atoms with Crippen molar-refractivity contribution in [1.82, 2.24) is 19.7 Å². The molecule has 2 aromatic rings. The molecule has 6 heteroatoms. The van der Waals surface area contributed by atoms with E-state index in [2.05, 4.69) is 10.1 Å². The van der Waals surface area contributed by atoms with Gasteiger partial charge in [-0.2, -0.15) is 5.10 Å². The molecule has 0 radical (unpaired) electrons. The van der Waals surface area contributed by atoms with Gasteiger partial charge in [-0.05, 0) is 57.2 Å². The highest BCUT2D eigenvalue weighted by molar-refractivity contribution is 5.95. The number of carbonyl (C=O) groups excluding carboxylic acids is 1. The molecule has 1 atom stereocenters. The number of H-pyrrole nitrogens is 1. The zero-order valence-corrected chi connectivity index (χ0v) is 14.3. The lowest BCUT2D eigenvalue weighted by Gasteiger charge is -2.36. The molecule has 3 heterocycles. The van der Waals surface area contributed by atoms with E-state index in [4.69, 9.17) is 0 Å². The largest absolute Gasteiger partial charge is 0.335 e. The van der Waals surface area contributed by atoms with Crippen molar-refractivity contribution < 1.29 is 4.79 Å². The van der Waals surface area contributed by atoms with Gasteiger partial charge in [-0.1, -0.05) is 0 Å². The topological polar surface area (TPSA) is 71.0 Å². The average molecular weight is 328 g/mol. The highest BCUT2D eigenvalue weighted by atomic mass is 16.2. The van der Waals surface area contributed by atoms with Crippen molar-refractivity contribution in [2.45, 2.75) is 52.1 Å². The van der Waals surface area contributed by atoms with E-state index >= 15 is 0 Å². The van der Waals surface area contributed by atoms with Gasteiger partial charge >= 0.3 is 0 Å². The monoisotopic (exact) mass is 328 g/mol. The lowest BCUT2D eigenvalue weighted by Crippen LogP contribution is -2.46. The zero-order valence-electron chi connectivity index (χ0n) is 14.3. The second-order valence-corrected chi connectivity index (χ2v) is 6.55. The summed E-state index contributed by atoms with van der Waals surface area (Å²) in [4.78, 5) is 29.9. The molecule has 0 aromatic carbocycles. The number of pyridine rings is 1. The Kier molecular flexibility index (Phi) is 4.83. The fraction of sp³-hybridized carbons (Fsp3) is 0.500. The summed E-state index contributed by atoms with van der Waals surface area (Å²) in [5.74, 6) is -0.140. The maximum Gasteiger partial charge on any atom is 0.261 e. The number of amides is 1. The van der Waals surface area contributed by atoms with Gasteiger partial charge in [0.2, 0.25) is 0 Å². The Bertz CT molecular complexity index is 764. The van der Waals surface area contributed by atoms with Crippen LogP contribution in [0.25, 0.3) is 0 Å². The summed E-state index contributed by atoms with van der Waals surface area (Å²) in [6.45, 7) is 5.16. The standard InChI is InChI=1S/C18H24N4O2/c1-13-12-14(2)20-17(23)16(13)18(24)22-10-4-3-6-15(22)7-11-21-9-5-8-19-21/h5,8-9,12,15H,3-4,6-7,10-11H2,1-2H3,(H,20,23)/t15-/m1/s1. The number of hydrogen-bond donors (Lipinski definition) is 1. The number of aromatic nitrogens is 3. The molecule has 0 aliphatic carbocycles. The van der Waals surface area contributed by atoms with E-state index < -0.39 is 0 Å². The number of carbonyl (C=O) groups is 1. The molecule has 3 rings (SSSR count). The van der Waals surface area contributed by atoms with Gasteiger partial charge in [0.25, 0.3) is 11.5 Å². The minimum absolute atomic E-state index is 0.140. The van der Waals surface area contributed by atoms with Crippen LogP contribution in [0.3, 0.4) is 0 Å². The summed E-state index contributed by atoms with van der Waals surface area (Å²) in [6, 6.07) is 3.92. The first-order valence-corrected chi connectivity index (χ1v) is 8.55. The van der Waals surface area contributed by atoms with Crippen LogP contribution in [0.1, 0.15) is 47.3 Å². The van der Waals surface area contributed by atoms with Gasteiger partial charge in [0.05, 0.1) is 0 Å². The quantitative estimate of drug-likeness (QED) is 0.936. The number of likely N-dealkylation sites (tertiary alicyclic amines) is 1. The smallest absolute Gasteiger partial charge is 0.261 e. The summed E-state index contributed by atoms with van der Waals surface area (Å²) in [7, 11) is 0. The minimum atomic E-state index is -0.283. The average Bonchev–Trinajstić information content (AvgIpc) is 3.05. The van der Waals surface area contributed by atoms with Gasteiger partial charge in [0.1, 0.15) is 5.56 Å². The summed E-state index contributed by atoms with van der Waals surface area (Å²) in [6.07, 6.45) is 7.65. The Morgan fingerprint density at radius 1 is 1.38 bits per heavy atom. The molecule has 1 aliphatic heterocycles. The van der Waals surface area contributed by atoms with Gasteiger partial charge in [0.15, 0.2) is 0 Å². The molecule has 1 amide bonds. The predicted octanol–water partition coefficient (Wildman–Crippen LogP) is 2.27. The van der Waals surface area contributed by atoms with Crippen molar-refractivity contribution in [3.05, 3.63) is 51.7 Å². The van der Waals surface area contributed by atoms with Gasteiger partial charge in [0, 0.05) is 37.2 Å². The third-order valence-corrected chi connectivity index (χ3v) is 4.72. The molecule has 1 saturated heterocycles. The van der Waals surface area contributed by atoms with Crippen LogP contribution < -0.4 is 5.56 Å². The SMILES string of the molecule is Cc1cc(C)c(C(=O)N2CCCC[C@@H]2CCn2cccn2)c(=O)[nH]1. The van der Waals surface area contributed by atoms with E-state index in [1.54, 1.807) is 6.20 Å². The maximum atomic E-state index is 13.0. The molecule has 0 bridgehead atoms. The van der Waals surface area contributed by atoms with Crippen LogP contribution >= 0.6 is 0 Å². The molecule has 0 spiro atoms. The van der Waals surface area contributed by atoms with Crippen molar-refractivity contribution in [2.24, 2.45) is 0 Å². The van der Waals surface area contributed by atoms with Crippen molar-refractivity contribution in [3.63, 3.8) is 0 Å². The maximum absolute atomic E-state index is 13.0. The molecule has 0 saturated carbocycles. The van der Waals surface area contributed by atoms with E-state index in [0.29, 0.717) is 0 Å². The highest BCUT2D eigenvalue weighted by Crippen LogP contribution is 2.22. The first-order valence-electron chi connectivity index (χ1n) is 8.55. The van der Waals surface area contributed by atoms with Gasteiger partial charge < -0.3 is 9.88 Å². The van der Waals surface area contributed by atoms with E-state index in [0.717, 1.165) is 50.0 Å². The molecule has 1 aliphatic rings. The molecular weight excluding hydrogens is 304 g/mol. The normalized spacial score (nSPS) is 17.9. The van der Waals surface area contributed by atoms with E-state index in [1.807, 2.05) is 41.8 Å². The molecule has 6 nitrogen and oxygen atoms in total. The molecule has 1 N–H and O–H groups in total. The van der Waals surface area contributed by atoms with E-state index in [1.165, 1.54) is 0 Å². The molecule has 24 heavy (non-hydrogen) atoms. The Morgan fingerprint density at radius 2 is 2.21 bits per heavy atom. The Hall–Kier alpha value is -2.37. The third-order valence-electron chi connectivity index (χ3n) is 4.72. The lowest BCUT2D eigenvalue weighted by atomic mass is 9.97. The zero-order chi connectivity index (χ0) is 17.1. The summed E-state index contributed by atoms with van der Waals surface area (Å²) in [5.41, 5.74) is 1.53. The molecule has 0 unspecified atom stereocenters. The highest BCUT2D eigenvalue weighted by Gasteiger charge is 2.29. The second-order valence-electron chi connectivity index (χ2n) is 6.55. The van der Waals surface area contributed by atoms with Crippen LogP contribution in [0.5, 0.6) is 0 Å². The summed E-state index contributed by atoms with van der Waals surface area (Å²) >= 11 is 0. The Balaban J connectivity index is 1.80. The first-order chi connectivity index (χ1) is 11.6. The summed E-state index contributed by atoms with van der Waals surface area (Å²) < 4.78 is 1.89. The Labute approximate surface area is 141 Å². The van der Waals surface area contributed by atoms with Crippen LogP contribution in [0.2, 0.25) is 0 Å². The molecular formula is C18H24N4O2. The predicted molar refractivity (Wildman–Crippen MR) is 92.1 cm³/mol. The fourth-order valence-electron chi connectivity index (χ4n) is 3.55. The summed E-state index contributed by atoms with van der Waals surface area (Å²) in [5, 5.41) is 4.22. The van der Waals surface area contributed by atoms with Crippen LogP contribution in [0, 0.1) is 13.8 Å². The number of piperidine rings is 1. The van der Waals surface area contributed by atoms with Gasteiger partial charge in [-0.15, -0.1) is 0 Å². The van der Waals surface area contributed by atoms with Gasteiger partial charge in [-0.25, -0.2) is 0 Å². The number of aryl methyl sites for hydroxylation is 3.